The average Bonchev–Trinajstić information content (AvgIpc) is 2.67. The molecular weight excluding hydrogens is 397 g/mol. The average molecular weight is 415 g/mol. The van der Waals surface area contributed by atoms with Gasteiger partial charge in [0.2, 0.25) is 21.8 Å². The molecule has 1 heterocycles. The molecule has 0 saturated carbocycles. The highest BCUT2D eigenvalue weighted by molar-refractivity contribution is 7.89. The Bertz CT molecular complexity index is 1120. The van der Waals surface area contributed by atoms with Crippen LogP contribution in [-0.4, -0.2) is 19.3 Å². The van der Waals surface area contributed by atoms with Gasteiger partial charge in [-0.15, -0.1) is 0 Å². The minimum Gasteiger partial charge on any atom is -0.439 e. The number of nitrogens with one attached hydrogen (secondary N) is 1. The Hall–Kier alpha value is -3.30. The number of halogens is 1. The largest absolute Gasteiger partial charge is 0.439 e. The van der Waals surface area contributed by atoms with E-state index in [-0.39, 0.29) is 29.6 Å². The molecule has 7 nitrogen and oxygen atoms in total. The number of benzene rings is 2. The monoisotopic (exact) mass is 415 g/mol. The van der Waals surface area contributed by atoms with E-state index < -0.39 is 15.8 Å². The topological polar surface area (TPSA) is 111 Å². The zero-order valence-corrected chi connectivity index (χ0v) is 16.0. The summed E-state index contributed by atoms with van der Waals surface area (Å²) in [6, 6.07) is 14.9. The molecule has 0 bridgehead atoms. The van der Waals surface area contributed by atoms with Gasteiger partial charge in [-0.05, 0) is 35.9 Å². The number of primary sulfonamides is 1. The molecular formula is C20H18FN3O4S. The Morgan fingerprint density at radius 1 is 1.10 bits per heavy atom. The fourth-order valence-corrected chi connectivity index (χ4v) is 3.05. The molecule has 0 atom stereocenters. The predicted octanol–water partition coefficient (Wildman–Crippen LogP) is 2.52. The van der Waals surface area contributed by atoms with Crippen LogP contribution in [0.25, 0.3) is 0 Å². The molecule has 29 heavy (non-hydrogen) atoms. The molecule has 2 aromatic carbocycles. The lowest BCUT2D eigenvalue weighted by Gasteiger charge is -2.11. The minimum atomic E-state index is -3.77. The van der Waals surface area contributed by atoms with Crippen molar-refractivity contribution in [3.05, 3.63) is 83.8 Å². The van der Waals surface area contributed by atoms with E-state index in [0.717, 1.165) is 0 Å². The van der Waals surface area contributed by atoms with Crippen molar-refractivity contribution in [2.75, 3.05) is 0 Å². The quantitative estimate of drug-likeness (QED) is 0.616. The van der Waals surface area contributed by atoms with E-state index in [1.165, 1.54) is 48.7 Å². The summed E-state index contributed by atoms with van der Waals surface area (Å²) in [5.74, 6) is -0.141. The molecule has 0 aliphatic rings. The van der Waals surface area contributed by atoms with Crippen molar-refractivity contribution < 1.29 is 22.3 Å². The number of aromatic nitrogens is 1. The third kappa shape index (κ3) is 5.84. The summed E-state index contributed by atoms with van der Waals surface area (Å²) in [6.45, 7) is 0.159. The van der Waals surface area contributed by atoms with Crippen LogP contribution in [0, 0.1) is 5.82 Å². The van der Waals surface area contributed by atoms with E-state index in [2.05, 4.69) is 10.3 Å². The smallest absolute Gasteiger partial charge is 0.238 e. The van der Waals surface area contributed by atoms with Crippen molar-refractivity contribution >= 4 is 15.9 Å². The van der Waals surface area contributed by atoms with Gasteiger partial charge in [0.1, 0.15) is 11.6 Å². The maximum absolute atomic E-state index is 13.3. The van der Waals surface area contributed by atoms with Gasteiger partial charge in [0.05, 0.1) is 11.3 Å². The molecule has 0 aliphatic carbocycles. The van der Waals surface area contributed by atoms with Crippen molar-refractivity contribution in [2.24, 2.45) is 5.14 Å². The van der Waals surface area contributed by atoms with Crippen LogP contribution in [0.15, 0.2) is 71.8 Å². The fourth-order valence-electron chi connectivity index (χ4n) is 2.53. The molecule has 3 aromatic rings. The summed E-state index contributed by atoms with van der Waals surface area (Å²) in [6.07, 6.45) is 1.60. The Balaban J connectivity index is 1.62. The highest BCUT2D eigenvalue weighted by atomic mass is 32.2. The van der Waals surface area contributed by atoms with Gasteiger partial charge in [-0.1, -0.05) is 24.3 Å². The van der Waals surface area contributed by atoms with Crippen molar-refractivity contribution in [3.63, 3.8) is 0 Å². The first-order valence-corrected chi connectivity index (χ1v) is 10.1. The molecule has 0 spiro atoms. The van der Waals surface area contributed by atoms with Crippen LogP contribution in [0.5, 0.6) is 11.6 Å². The van der Waals surface area contributed by atoms with Gasteiger partial charge in [-0.3, -0.25) is 4.79 Å². The first-order valence-electron chi connectivity index (χ1n) is 8.57. The summed E-state index contributed by atoms with van der Waals surface area (Å²) >= 11 is 0. The lowest BCUT2D eigenvalue weighted by Crippen LogP contribution is -2.25. The Labute approximate surface area is 167 Å². The zero-order valence-electron chi connectivity index (χ0n) is 15.2. The normalized spacial score (nSPS) is 11.1. The molecule has 3 rings (SSSR count). The van der Waals surface area contributed by atoms with Crippen LogP contribution >= 0.6 is 0 Å². The van der Waals surface area contributed by atoms with E-state index in [4.69, 9.17) is 9.88 Å². The minimum absolute atomic E-state index is 0.0174. The van der Waals surface area contributed by atoms with Crippen molar-refractivity contribution in [2.45, 2.75) is 17.9 Å². The number of pyridine rings is 1. The van der Waals surface area contributed by atoms with Gasteiger partial charge < -0.3 is 10.1 Å². The summed E-state index contributed by atoms with van der Waals surface area (Å²) in [5.41, 5.74) is 1.26. The maximum Gasteiger partial charge on any atom is 0.238 e. The molecule has 0 saturated heterocycles. The van der Waals surface area contributed by atoms with Crippen LogP contribution in [0.3, 0.4) is 0 Å². The molecule has 3 N–H and O–H groups in total. The van der Waals surface area contributed by atoms with Gasteiger partial charge in [0, 0.05) is 24.4 Å². The first-order chi connectivity index (χ1) is 13.8. The molecule has 0 unspecified atom stereocenters. The van der Waals surface area contributed by atoms with Gasteiger partial charge in [0.15, 0.2) is 0 Å². The highest BCUT2D eigenvalue weighted by Gasteiger charge is 2.11. The zero-order chi connectivity index (χ0) is 20.9. The van der Waals surface area contributed by atoms with E-state index >= 15 is 0 Å². The number of hydrogen-bond donors (Lipinski definition) is 2. The number of nitrogens with zero attached hydrogens (tertiary/aromatic N) is 1. The first kappa shape index (κ1) is 20.4. The van der Waals surface area contributed by atoms with E-state index in [1.807, 2.05) is 0 Å². The number of sulfonamides is 1. The lowest BCUT2D eigenvalue weighted by molar-refractivity contribution is -0.120. The van der Waals surface area contributed by atoms with Crippen LogP contribution < -0.4 is 15.2 Å². The van der Waals surface area contributed by atoms with Crippen molar-refractivity contribution in [1.82, 2.24) is 10.3 Å². The number of carbonyl (C=O) groups is 1. The van der Waals surface area contributed by atoms with Crippen LogP contribution in [0.2, 0.25) is 0 Å². The second kappa shape index (κ2) is 8.80. The number of rotatable bonds is 7. The summed E-state index contributed by atoms with van der Waals surface area (Å²) in [7, 11) is -3.77. The molecule has 0 aliphatic heterocycles. The maximum atomic E-state index is 13.3. The van der Waals surface area contributed by atoms with Crippen LogP contribution in [0.1, 0.15) is 11.1 Å². The predicted molar refractivity (Wildman–Crippen MR) is 104 cm³/mol. The number of amides is 1. The SMILES string of the molecule is NS(=O)(=O)c1ccc(CC(=O)NCc2cccnc2Oc2cccc(F)c2)cc1. The second-order valence-corrected chi connectivity index (χ2v) is 7.73. The third-order valence-electron chi connectivity index (χ3n) is 3.95. The number of carbonyl (C=O) groups excluding carboxylic acids is 1. The molecule has 1 aromatic heterocycles. The van der Waals surface area contributed by atoms with Crippen LogP contribution in [-0.2, 0) is 27.8 Å². The Kier molecular flexibility index (Phi) is 6.20. The highest BCUT2D eigenvalue weighted by Crippen LogP contribution is 2.23. The summed E-state index contributed by atoms with van der Waals surface area (Å²) < 4.78 is 41.5. The van der Waals surface area contributed by atoms with Gasteiger partial charge in [-0.25, -0.2) is 22.9 Å². The van der Waals surface area contributed by atoms with Gasteiger partial charge in [-0.2, -0.15) is 0 Å². The molecule has 9 heteroatoms. The van der Waals surface area contributed by atoms with Gasteiger partial charge in [0.25, 0.3) is 0 Å². The van der Waals surface area contributed by atoms with E-state index in [9.17, 15) is 17.6 Å². The molecule has 150 valence electrons. The standard InChI is InChI=1S/C20H18FN3O4S/c21-16-4-1-5-17(12-16)28-20-15(3-2-10-23-20)13-24-19(25)11-14-6-8-18(9-7-14)29(22,26)27/h1-10,12H,11,13H2,(H,24,25)(H2,22,26,27). The number of ether oxygens (including phenoxy) is 1. The fraction of sp³-hybridized carbons (Fsp3) is 0.100. The third-order valence-corrected chi connectivity index (χ3v) is 4.88. The molecule has 0 radical (unpaired) electrons. The van der Waals surface area contributed by atoms with Gasteiger partial charge >= 0.3 is 0 Å². The number of nitrogens with two attached hydrogens (primary N) is 1. The lowest BCUT2D eigenvalue weighted by atomic mass is 10.1. The summed E-state index contributed by atoms with van der Waals surface area (Å²) in [4.78, 5) is 16.3. The van der Waals surface area contributed by atoms with Crippen LogP contribution in [0.4, 0.5) is 4.39 Å². The van der Waals surface area contributed by atoms with E-state index in [0.29, 0.717) is 16.9 Å². The molecule has 1 amide bonds. The number of hydrogen-bond acceptors (Lipinski definition) is 5. The van der Waals surface area contributed by atoms with E-state index in [1.54, 1.807) is 18.2 Å². The Morgan fingerprint density at radius 2 is 1.86 bits per heavy atom. The van der Waals surface area contributed by atoms with Crippen molar-refractivity contribution in [3.8, 4) is 11.6 Å². The molecule has 0 fully saturated rings. The van der Waals surface area contributed by atoms with Crippen molar-refractivity contribution in [1.29, 1.82) is 0 Å². The summed E-state index contributed by atoms with van der Waals surface area (Å²) in [5, 5.41) is 7.81. The Morgan fingerprint density at radius 3 is 2.55 bits per heavy atom. The second-order valence-electron chi connectivity index (χ2n) is 6.17.